The molecule has 0 atom stereocenters. The number of benzene rings is 1. The zero-order valence-corrected chi connectivity index (χ0v) is 10.1. The van der Waals surface area contributed by atoms with E-state index in [1.807, 2.05) is 36.4 Å². The maximum atomic E-state index is 5.86. The number of hydrogen-bond acceptors (Lipinski definition) is 5. The summed E-state index contributed by atoms with van der Waals surface area (Å²) in [7, 11) is 0. The second-order valence-corrected chi connectivity index (χ2v) is 3.96. The number of hydrogen-bond donors (Lipinski definition) is 2. The molecule has 0 saturated carbocycles. The molecular weight excluding hydrogens is 240 g/mol. The lowest BCUT2D eigenvalue weighted by atomic mass is 10.3. The predicted octanol–water partition coefficient (Wildman–Crippen LogP) is 3.06. The highest BCUT2D eigenvalue weighted by atomic mass is 16.3. The molecule has 5 heteroatoms. The third-order valence-corrected chi connectivity index (χ3v) is 2.64. The van der Waals surface area contributed by atoms with Gasteiger partial charge in [0.25, 0.3) is 0 Å². The van der Waals surface area contributed by atoms with E-state index in [0.717, 1.165) is 11.4 Å². The van der Waals surface area contributed by atoms with E-state index in [2.05, 4.69) is 15.3 Å². The summed E-state index contributed by atoms with van der Waals surface area (Å²) < 4.78 is 5.31. The molecule has 3 rings (SSSR count). The molecule has 2 heterocycles. The van der Waals surface area contributed by atoms with Crippen LogP contribution in [0.2, 0.25) is 0 Å². The molecule has 0 aliphatic carbocycles. The first-order valence-corrected chi connectivity index (χ1v) is 5.81. The van der Waals surface area contributed by atoms with Crippen LogP contribution in [-0.4, -0.2) is 9.97 Å². The molecule has 5 nitrogen and oxygen atoms in total. The highest BCUT2D eigenvalue weighted by Crippen LogP contribution is 2.22. The molecule has 19 heavy (non-hydrogen) atoms. The van der Waals surface area contributed by atoms with Crippen LogP contribution in [0.3, 0.4) is 0 Å². The van der Waals surface area contributed by atoms with Crippen molar-refractivity contribution in [3.63, 3.8) is 0 Å². The normalized spacial score (nSPS) is 10.3. The van der Waals surface area contributed by atoms with Crippen LogP contribution in [-0.2, 0) is 0 Å². The van der Waals surface area contributed by atoms with Crippen LogP contribution < -0.4 is 11.1 Å². The Morgan fingerprint density at radius 3 is 2.74 bits per heavy atom. The number of aromatic nitrogens is 2. The quantitative estimate of drug-likeness (QED) is 0.700. The summed E-state index contributed by atoms with van der Waals surface area (Å²) in [6.45, 7) is 0. The Kier molecular flexibility index (Phi) is 2.86. The van der Waals surface area contributed by atoms with Crippen molar-refractivity contribution in [2.45, 2.75) is 0 Å². The molecule has 2 aromatic heterocycles. The van der Waals surface area contributed by atoms with E-state index in [0.29, 0.717) is 17.4 Å². The molecule has 0 bridgehead atoms. The molecular formula is C14H12N4O. The minimum atomic E-state index is 0.479. The van der Waals surface area contributed by atoms with Crippen LogP contribution >= 0.6 is 0 Å². The van der Waals surface area contributed by atoms with Gasteiger partial charge in [-0.25, -0.2) is 9.97 Å². The monoisotopic (exact) mass is 252 g/mol. The number of nitrogens with two attached hydrogens (primary N) is 1. The van der Waals surface area contributed by atoms with Gasteiger partial charge in [0.05, 0.1) is 17.6 Å². The van der Waals surface area contributed by atoms with Gasteiger partial charge in [-0.3, -0.25) is 0 Å². The molecule has 0 radical (unpaired) electrons. The second-order valence-electron chi connectivity index (χ2n) is 3.96. The van der Waals surface area contributed by atoms with Gasteiger partial charge in [-0.15, -0.1) is 0 Å². The molecule has 1 aromatic carbocycles. The number of anilines is 3. The van der Waals surface area contributed by atoms with Crippen molar-refractivity contribution in [1.29, 1.82) is 0 Å². The average molecular weight is 252 g/mol. The topological polar surface area (TPSA) is 77.0 Å². The largest absolute Gasteiger partial charge is 0.463 e. The Morgan fingerprint density at radius 2 is 1.95 bits per heavy atom. The van der Waals surface area contributed by atoms with E-state index < -0.39 is 0 Å². The van der Waals surface area contributed by atoms with Gasteiger partial charge < -0.3 is 15.5 Å². The fourth-order valence-electron chi connectivity index (χ4n) is 1.71. The summed E-state index contributed by atoms with van der Waals surface area (Å²) in [5.74, 6) is 1.18. The van der Waals surface area contributed by atoms with Gasteiger partial charge in [-0.05, 0) is 30.3 Å². The SMILES string of the molecule is Nc1ccccc1Nc1nccc(-c2ccco2)n1. The zero-order chi connectivity index (χ0) is 13.1. The molecule has 3 N–H and O–H groups in total. The first-order valence-electron chi connectivity index (χ1n) is 5.81. The van der Waals surface area contributed by atoms with Crippen molar-refractivity contribution in [2.24, 2.45) is 0 Å². The molecule has 0 aliphatic heterocycles. The van der Waals surface area contributed by atoms with Gasteiger partial charge in [0, 0.05) is 6.20 Å². The Morgan fingerprint density at radius 1 is 1.05 bits per heavy atom. The first kappa shape index (κ1) is 11.3. The predicted molar refractivity (Wildman–Crippen MR) is 73.9 cm³/mol. The molecule has 0 saturated heterocycles. The third kappa shape index (κ3) is 2.40. The van der Waals surface area contributed by atoms with Crippen molar-refractivity contribution in [1.82, 2.24) is 9.97 Å². The second kappa shape index (κ2) is 4.81. The smallest absolute Gasteiger partial charge is 0.227 e. The van der Waals surface area contributed by atoms with Crippen LogP contribution in [0.5, 0.6) is 0 Å². The summed E-state index contributed by atoms with van der Waals surface area (Å²) in [6.07, 6.45) is 3.28. The number of furan rings is 1. The number of para-hydroxylation sites is 2. The van der Waals surface area contributed by atoms with Gasteiger partial charge in [0.15, 0.2) is 5.76 Å². The summed E-state index contributed by atoms with van der Waals surface area (Å²) >= 11 is 0. The van der Waals surface area contributed by atoms with E-state index in [-0.39, 0.29) is 0 Å². The van der Waals surface area contributed by atoms with Crippen LogP contribution in [0.4, 0.5) is 17.3 Å². The molecule has 94 valence electrons. The third-order valence-electron chi connectivity index (χ3n) is 2.64. The number of nitrogen functional groups attached to an aromatic ring is 1. The Balaban J connectivity index is 1.90. The Labute approximate surface area is 110 Å². The van der Waals surface area contributed by atoms with Gasteiger partial charge in [0.2, 0.25) is 5.95 Å². The molecule has 3 aromatic rings. The van der Waals surface area contributed by atoms with Crippen LogP contribution in [0.1, 0.15) is 0 Å². The van der Waals surface area contributed by atoms with E-state index in [1.165, 1.54) is 0 Å². The summed E-state index contributed by atoms with van der Waals surface area (Å²) in [5, 5.41) is 3.09. The van der Waals surface area contributed by atoms with E-state index >= 15 is 0 Å². The molecule has 0 spiro atoms. The number of nitrogens with one attached hydrogen (secondary N) is 1. The van der Waals surface area contributed by atoms with Gasteiger partial charge in [-0.1, -0.05) is 12.1 Å². The fraction of sp³-hybridized carbons (Fsp3) is 0. The van der Waals surface area contributed by atoms with Crippen molar-refractivity contribution >= 4 is 17.3 Å². The van der Waals surface area contributed by atoms with Crippen LogP contribution in [0, 0.1) is 0 Å². The van der Waals surface area contributed by atoms with E-state index in [4.69, 9.17) is 10.2 Å². The van der Waals surface area contributed by atoms with Gasteiger partial charge in [0.1, 0.15) is 5.69 Å². The molecule has 0 aliphatic rings. The van der Waals surface area contributed by atoms with E-state index in [1.54, 1.807) is 18.5 Å². The Bertz CT molecular complexity index is 679. The standard InChI is InChI=1S/C14H12N4O/c15-10-4-1-2-5-11(10)17-14-16-8-7-12(18-14)13-6-3-9-19-13/h1-9H,15H2,(H,16,17,18). The average Bonchev–Trinajstić information content (AvgIpc) is 2.96. The van der Waals surface area contributed by atoms with Crippen molar-refractivity contribution < 1.29 is 4.42 Å². The fourth-order valence-corrected chi connectivity index (χ4v) is 1.71. The first-order chi connectivity index (χ1) is 9.33. The zero-order valence-electron chi connectivity index (χ0n) is 10.1. The van der Waals surface area contributed by atoms with Crippen LogP contribution in [0.25, 0.3) is 11.5 Å². The maximum absolute atomic E-state index is 5.86. The lowest BCUT2D eigenvalue weighted by Gasteiger charge is -2.07. The highest BCUT2D eigenvalue weighted by molar-refractivity contribution is 5.70. The lowest BCUT2D eigenvalue weighted by molar-refractivity contribution is 0.580. The summed E-state index contributed by atoms with van der Waals surface area (Å²) in [5.41, 5.74) is 8.01. The van der Waals surface area contributed by atoms with E-state index in [9.17, 15) is 0 Å². The van der Waals surface area contributed by atoms with Gasteiger partial charge >= 0.3 is 0 Å². The molecule has 0 amide bonds. The van der Waals surface area contributed by atoms with Gasteiger partial charge in [-0.2, -0.15) is 0 Å². The lowest BCUT2D eigenvalue weighted by Crippen LogP contribution is -2.00. The highest BCUT2D eigenvalue weighted by Gasteiger charge is 2.05. The minimum Gasteiger partial charge on any atom is -0.463 e. The number of rotatable bonds is 3. The Hall–Kier alpha value is -2.82. The molecule has 0 fully saturated rings. The summed E-state index contributed by atoms with van der Waals surface area (Å²) in [6, 6.07) is 12.9. The summed E-state index contributed by atoms with van der Waals surface area (Å²) in [4.78, 5) is 8.55. The number of nitrogens with zero attached hydrogens (tertiary/aromatic N) is 2. The minimum absolute atomic E-state index is 0.479. The maximum Gasteiger partial charge on any atom is 0.227 e. The van der Waals surface area contributed by atoms with Crippen molar-refractivity contribution in [3.8, 4) is 11.5 Å². The van der Waals surface area contributed by atoms with Crippen LogP contribution in [0.15, 0.2) is 59.3 Å². The van der Waals surface area contributed by atoms with Crippen molar-refractivity contribution in [3.05, 3.63) is 54.9 Å². The van der Waals surface area contributed by atoms with Crippen molar-refractivity contribution in [2.75, 3.05) is 11.1 Å². The molecule has 0 unspecified atom stereocenters.